The van der Waals surface area contributed by atoms with Crippen LogP contribution in [0.25, 0.3) is 11.3 Å². The maximum Gasteiger partial charge on any atom is 0.210 e. The lowest BCUT2D eigenvalue weighted by Gasteiger charge is -2.19. The molecule has 2 heterocycles. The van der Waals surface area contributed by atoms with Gasteiger partial charge < -0.3 is 4.42 Å². The molecule has 0 saturated carbocycles. The fraction of sp³-hybridized carbons (Fsp3) is 0.333. The monoisotopic (exact) mass is 315 g/mol. The lowest BCUT2D eigenvalue weighted by molar-refractivity contribution is 0.321. The standard InChI is InChI=1S/C15H17N5OS/c1-15(2,3)20-14(17-18-19-20)22-10-13-16-9-12(21-13)11-7-5-4-6-8-11/h4-9H,10H2,1-3H3. The Labute approximate surface area is 132 Å². The van der Waals surface area contributed by atoms with Gasteiger partial charge in [0.2, 0.25) is 11.0 Å². The molecular weight excluding hydrogens is 298 g/mol. The summed E-state index contributed by atoms with van der Waals surface area (Å²) < 4.78 is 7.59. The third-order valence-corrected chi connectivity index (χ3v) is 3.92. The first-order valence-electron chi connectivity index (χ1n) is 6.96. The van der Waals surface area contributed by atoms with Crippen LogP contribution in [0.15, 0.2) is 46.1 Å². The van der Waals surface area contributed by atoms with Crippen LogP contribution in [0, 0.1) is 0 Å². The molecule has 0 spiro atoms. The predicted molar refractivity (Wildman–Crippen MR) is 84.3 cm³/mol. The Morgan fingerprint density at radius 1 is 1.18 bits per heavy atom. The maximum atomic E-state index is 5.78. The van der Waals surface area contributed by atoms with Crippen molar-refractivity contribution in [2.24, 2.45) is 0 Å². The van der Waals surface area contributed by atoms with Crippen molar-refractivity contribution >= 4 is 11.8 Å². The number of thioether (sulfide) groups is 1. The number of hydrogen-bond donors (Lipinski definition) is 0. The van der Waals surface area contributed by atoms with Crippen molar-refractivity contribution < 1.29 is 4.42 Å². The van der Waals surface area contributed by atoms with E-state index in [-0.39, 0.29) is 5.54 Å². The van der Waals surface area contributed by atoms with Crippen LogP contribution in [0.1, 0.15) is 26.7 Å². The van der Waals surface area contributed by atoms with E-state index in [1.165, 1.54) is 11.8 Å². The first-order valence-corrected chi connectivity index (χ1v) is 7.94. The fourth-order valence-corrected chi connectivity index (χ4v) is 2.84. The number of tetrazole rings is 1. The van der Waals surface area contributed by atoms with Gasteiger partial charge >= 0.3 is 0 Å². The van der Waals surface area contributed by atoms with Gasteiger partial charge in [0.1, 0.15) is 0 Å². The molecule has 0 aliphatic rings. The molecule has 0 N–H and O–H groups in total. The fourth-order valence-electron chi connectivity index (χ4n) is 1.93. The van der Waals surface area contributed by atoms with Crippen LogP contribution >= 0.6 is 11.8 Å². The van der Waals surface area contributed by atoms with Crippen LogP contribution < -0.4 is 0 Å². The van der Waals surface area contributed by atoms with Gasteiger partial charge in [-0.25, -0.2) is 9.67 Å². The minimum absolute atomic E-state index is 0.155. The van der Waals surface area contributed by atoms with Crippen molar-refractivity contribution in [2.45, 2.75) is 37.2 Å². The summed E-state index contributed by atoms with van der Waals surface area (Å²) in [5.74, 6) is 2.02. The molecule has 0 atom stereocenters. The van der Waals surface area contributed by atoms with Crippen LogP contribution in [0.3, 0.4) is 0 Å². The van der Waals surface area contributed by atoms with Gasteiger partial charge in [0.05, 0.1) is 17.5 Å². The van der Waals surface area contributed by atoms with Crippen LogP contribution in [-0.2, 0) is 11.3 Å². The lowest BCUT2D eigenvalue weighted by atomic mass is 10.1. The highest BCUT2D eigenvalue weighted by molar-refractivity contribution is 7.98. The largest absolute Gasteiger partial charge is 0.440 e. The summed E-state index contributed by atoms with van der Waals surface area (Å²) in [6.07, 6.45) is 1.75. The Morgan fingerprint density at radius 3 is 2.68 bits per heavy atom. The molecule has 3 rings (SSSR count). The molecule has 3 aromatic rings. The first-order chi connectivity index (χ1) is 10.5. The molecule has 0 aliphatic carbocycles. The molecule has 0 radical (unpaired) electrons. The summed E-state index contributed by atoms with van der Waals surface area (Å²) in [4.78, 5) is 4.32. The normalized spacial score (nSPS) is 11.8. The summed E-state index contributed by atoms with van der Waals surface area (Å²) >= 11 is 1.51. The minimum Gasteiger partial charge on any atom is -0.440 e. The second-order valence-corrected chi connectivity index (χ2v) is 6.76. The van der Waals surface area contributed by atoms with Gasteiger partial charge in [-0.15, -0.1) is 5.10 Å². The van der Waals surface area contributed by atoms with Crippen molar-refractivity contribution in [1.29, 1.82) is 0 Å². The molecule has 1 aromatic carbocycles. The quantitative estimate of drug-likeness (QED) is 0.687. The second kappa shape index (κ2) is 5.92. The zero-order chi connectivity index (χ0) is 15.6. The van der Waals surface area contributed by atoms with E-state index in [9.17, 15) is 0 Å². The third-order valence-electron chi connectivity index (χ3n) is 3.01. The lowest BCUT2D eigenvalue weighted by Crippen LogP contribution is -2.24. The Kier molecular flexibility index (Phi) is 3.98. The molecule has 0 saturated heterocycles. The molecule has 22 heavy (non-hydrogen) atoms. The smallest absolute Gasteiger partial charge is 0.210 e. The number of aromatic nitrogens is 5. The van der Waals surface area contributed by atoms with Crippen molar-refractivity contribution in [2.75, 3.05) is 0 Å². The van der Waals surface area contributed by atoms with Crippen LogP contribution in [0.4, 0.5) is 0 Å². The second-order valence-electron chi connectivity index (χ2n) is 5.82. The van der Waals surface area contributed by atoms with Crippen molar-refractivity contribution in [3.05, 3.63) is 42.4 Å². The van der Waals surface area contributed by atoms with E-state index < -0.39 is 0 Å². The molecule has 0 aliphatic heterocycles. The molecule has 2 aromatic heterocycles. The van der Waals surface area contributed by atoms with Gasteiger partial charge in [-0.3, -0.25) is 0 Å². The predicted octanol–water partition coefficient (Wildman–Crippen LogP) is 3.38. The SMILES string of the molecule is CC(C)(C)n1nnnc1SCc1ncc(-c2ccccc2)o1. The summed E-state index contributed by atoms with van der Waals surface area (Å²) in [6, 6.07) is 9.92. The number of rotatable bonds is 4. The van der Waals surface area contributed by atoms with Gasteiger partial charge in [0.15, 0.2) is 5.76 Å². The van der Waals surface area contributed by atoms with E-state index in [0.29, 0.717) is 11.6 Å². The number of hydrogen-bond acceptors (Lipinski definition) is 6. The molecule has 0 bridgehead atoms. The first kappa shape index (κ1) is 14.8. The highest BCUT2D eigenvalue weighted by atomic mass is 32.2. The van der Waals surface area contributed by atoms with E-state index in [0.717, 1.165) is 16.5 Å². The Bertz CT molecular complexity index is 745. The van der Waals surface area contributed by atoms with E-state index in [4.69, 9.17) is 4.42 Å². The van der Waals surface area contributed by atoms with E-state index in [1.807, 2.05) is 30.3 Å². The van der Waals surface area contributed by atoms with Gasteiger partial charge in [-0.2, -0.15) is 0 Å². The van der Waals surface area contributed by atoms with Gasteiger partial charge in [-0.05, 0) is 31.2 Å². The molecule has 114 valence electrons. The molecule has 0 amide bonds. The van der Waals surface area contributed by atoms with Gasteiger partial charge in [0, 0.05) is 5.56 Å². The Hall–Kier alpha value is -2.15. The van der Waals surface area contributed by atoms with Crippen molar-refractivity contribution in [1.82, 2.24) is 25.2 Å². The number of benzene rings is 1. The molecule has 7 heteroatoms. The topological polar surface area (TPSA) is 69.6 Å². The highest BCUT2D eigenvalue weighted by Crippen LogP contribution is 2.26. The highest BCUT2D eigenvalue weighted by Gasteiger charge is 2.20. The molecule has 6 nitrogen and oxygen atoms in total. The Balaban J connectivity index is 1.71. The van der Waals surface area contributed by atoms with Gasteiger partial charge in [-0.1, -0.05) is 42.1 Å². The third kappa shape index (κ3) is 3.19. The molecule has 0 fully saturated rings. The van der Waals surface area contributed by atoms with Crippen LogP contribution in [0.2, 0.25) is 0 Å². The number of oxazole rings is 1. The average molecular weight is 315 g/mol. The Morgan fingerprint density at radius 2 is 1.95 bits per heavy atom. The van der Waals surface area contributed by atoms with Crippen molar-refractivity contribution in [3.8, 4) is 11.3 Å². The van der Waals surface area contributed by atoms with Crippen LogP contribution in [-0.4, -0.2) is 25.2 Å². The van der Waals surface area contributed by atoms with Crippen molar-refractivity contribution in [3.63, 3.8) is 0 Å². The average Bonchev–Trinajstić information content (AvgIpc) is 3.15. The summed E-state index contributed by atoms with van der Waals surface area (Å²) in [6.45, 7) is 6.18. The summed E-state index contributed by atoms with van der Waals surface area (Å²) in [7, 11) is 0. The summed E-state index contributed by atoms with van der Waals surface area (Å²) in [5.41, 5.74) is 0.864. The summed E-state index contributed by atoms with van der Waals surface area (Å²) in [5, 5.41) is 12.6. The van der Waals surface area contributed by atoms with Crippen LogP contribution in [0.5, 0.6) is 0 Å². The molecule has 0 unspecified atom stereocenters. The van der Waals surface area contributed by atoms with E-state index in [1.54, 1.807) is 10.9 Å². The zero-order valence-corrected chi connectivity index (χ0v) is 13.5. The van der Waals surface area contributed by atoms with Gasteiger partial charge in [0.25, 0.3) is 0 Å². The maximum absolute atomic E-state index is 5.78. The molecular formula is C15H17N5OS. The van der Waals surface area contributed by atoms with E-state index in [2.05, 4.69) is 41.3 Å². The number of nitrogens with zero attached hydrogens (tertiary/aromatic N) is 5. The van der Waals surface area contributed by atoms with E-state index >= 15 is 0 Å². The zero-order valence-electron chi connectivity index (χ0n) is 12.7. The minimum atomic E-state index is -0.155.